The number of nitrogens with zero attached hydrogens (tertiary/aromatic N) is 4. The van der Waals surface area contributed by atoms with E-state index >= 15 is 0 Å². The molecule has 0 unspecified atom stereocenters. The lowest BCUT2D eigenvalue weighted by Gasteiger charge is -2.31. The minimum absolute atomic E-state index is 0.0697. The summed E-state index contributed by atoms with van der Waals surface area (Å²) in [6.45, 7) is 4.68. The van der Waals surface area contributed by atoms with Crippen molar-refractivity contribution >= 4 is 28.7 Å². The standard InChI is InChI=1S/C24H23N5O4/c1-14-5-6-20(25-13-14)27-22(30)16-7-9-29(10-8-16)24(31)17-12-18(19-4-3-11-32-19)26-23-21(17)15(2)28-33-23/h3-6,11-13,16H,7-10H2,1-2H3,(H,25,27,30). The van der Waals surface area contributed by atoms with Crippen LogP contribution in [0.3, 0.4) is 0 Å². The summed E-state index contributed by atoms with van der Waals surface area (Å²) >= 11 is 0. The first-order chi connectivity index (χ1) is 16.0. The van der Waals surface area contributed by atoms with Crippen molar-refractivity contribution in [2.24, 2.45) is 5.92 Å². The Morgan fingerprint density at radius 3 is 2.67 bits per heavy atom. The van der Waals surface area contributed by atoms with Gasteiger partial charge in [-0.3, -0.25) is 9.59 Å². The second-order valence-electron chi connectivity index (χ2n) is 8.26. The van der Waals surface area contributed by atoms with Gasteiger partial charge in [-0.2, -0.15) is 0 Å². The second-order valence-corrected chi connectivity index (χ2v) is 8.26. The van der Waals surface area contributed by atoms with E-state index in [0.717, 1.165) is 5.56 Å². The zero-order chi connectivity index (χ0) is 22.9. The number of hydrogen-bond acceptors (Lipinski definition) is 7. The monoisotopic (exact) mass is 445 g/mol. The topological polar surface area (TPSA) is 114 Å². The van der Waals surface area contributed by atoms with Gasteiger partial charge in [0, 0.05) is 25.2 Å². The number of piperidine rings is 1. The Morgan fingerprint density at radius 1 is 1.15 bits per heavy atom. The number of furan rings is 1. The van der Waals surface area contributed by atoms with Crippen molar-refractivity contribution in [3.05, 3.63) is 59.6 Å². The lowest BCUT2D eigenvalue weighted by molar-refractivity contribution is -0.121. The number of pyridine rings is 2. The number of hydrogen-bond donors (Lipinski definition) is 1. The van der Waals surface area contributed by atoms with Gasteiger partial charge in [-0.15, -0.1) is 0 Å². The summed E-state index contributed by atoms with van der Waals surface area (Å²) < 4.78 is 10.8. The average molecular weight is 445 g/mol. The number of amides is 2. The number of rotatable bonds is 4. The summed E-state index contributed by atoms with van der Waals surface area (Å²) in [4.78, 5) is 36.6. The molecule has 5 heterocycles. The molecule has 0 aliphatic carbocycles. The van der Waals surface area contributed by atoms with Gasteiger partial charge in [-0.1, -0.05) is 11.2 Å². The molecule has 4 aromatic rings. The molecule has 9 heteroatoms. The molecule has 1 saturated heterocycles. The molecule has 33 heavy (non-hydrogen) atoms. The highest BCUT2D eigenvalue weighted by molar-refractivity contribution is 6.07. The third-order valence-corrected chi connectivity index (χ3v) is 5.94. The van der Waals surface area contributed by atoms with E-state index in [1.807, 2.05) is 13.0 Å². The van der Waals surface area contributed by atoms with Gasteiger partial charge >= 0.3 is 0 Å². The van der Waals surface area contributed by atoms with Gasteiger partial charge in [0.1, 0.15) is 11.5 Å². The van der Waals surface area contributed by atoms with Crippen LogP contribution >= 0.6 is 0 Å². The summed E-state index contributed by atoms with van der Waals surface area (Å²) in [7, 11) is 0. The zero-order valence-corrected chi connectivity index (χ0v) is 18.4. The Balaban J connectivity index is 1.32. The van der Waals surface area contributed by atoms with Gasteiger partial charge in [-0.25, -0.2) is 9.97 Å². The smallest absolute Gasteiger partial charge is 0.259 e. The van der Waals surface area contributed by atoms with Crippen molar-refractivity contribution in [3.8, 4) is 11.5 Å². The first-order valence-electron chi connectivity index (χ1n) is 10.8. The quantitative estimate of drug-likeness (QED) is 0.505. The van der Waals surface area contributed by atoms with Crippen molar-refractivity contribution in [2.75, 3.05) is 18.4 Å². The fraction of sp³-hybridized carbons (Fsp3) is 0.292. The van der Waals surface area contributed by atoms with Crippen LogP contribution < -0.4 is 5.32 Å². The van der Waals surface area contributed by atoms with E-state index in [1.165, 1.54) is 0 Å². The van der Waals surface area contributed by atoms with E-state index in [9.17, 15) is 9.59 Å². The molecule has 4 aromatic heterocycles. The Kier molecular flexibility index (Phi) is 5.37. The maximum absolute atomic E-state index is 13.5. The number of aromatic nitrogens is 3. The van der Waals surface area contributed by atoms with Gasteiger partial charge in [0.05, 0.1) is 22.9 Å². The molecule has 9 nitrogen and oxygen atoms in total. The molecule has 0 saturated carbocycles. The van der Waals surface area contributed by atoms with E-state index in [4.69, 9.17) is 8.94 Å². The van der Waals surface area contributed by atoms with Crippen LogP contribution in [0.5, 0.6) is 0 Å². The number of carbonyl (C=O) groups is 2. The van der Waals surface area contributed by atoms with E-state index < -0.39 is 0 Å². The van der Waals surface area contributed by atoms with Crippen LogP contribution in [0.2, 0.25) is 0 Å². The molecular formula is C24H23N5O4. The van der Waals surface area contributed by atoms with Crippen molar-refractivity contribution in [1.29, 1.82) is 0 Å². The van der Waals surface area contributed by atoms with Crippen molar-refractivity contribution in [1.82, 2.24) is 20.0 Å². The van der Waals surface area contributed by atoms with Gasteiger partial charge < -0.3 is 19.2 Å². The van der Waals surface area contributed by atoms with Crippen molar-refractivity contribution in [3.63, 3.8) is 0 Å². The molecule has 1 aliphatic rings. The molecule has 168 valence electrons. The number of aryl methyl sites for hydroxylation is 2. The molecule has 0 atom stereocenters. The second kappa shape index (κ2) is 8.50. The fourth-order valence-corrected chi connectivity index (χ4v) is 4.10. The van der Waals surface area contributed by atoms with Crippen LogP contribution in [0, 0.1) is 19.8 Å². The molecule has 0 spiro atoms. The number of fused-ring (bicyclic) bond motifs is 1. The van der Waals surface area contributed by atoms with Gasteiger partial charge in [0.15, 0.2) is 5.76 Å². The Labute approximate surface area is 189 Å². The Morgan fingerprint density at radius 2 is 1.97 bits per heavy atom. The third-order valence-electron chi connectivity index (χ3n) is 5.94. The molecule has 0 aromatic carbocycles. The van der Waals surface area contributed by atoms with Crippen LogP contribution in [-0.2, 0) is 4.79 Å². The van der Waals surface area contributed by atoms with Crippen molar-refractivity contribution in [2.45, 2.75) is 26.7 Å². The van der Waals surface area contributed by atoms with Crippen LogP contribution in [0.4, 0.5) is 5.82 Å². The molecule has 5 rings (SSSR count). The molecule has 1 fully saturated rings. The van der Waals surface area contributed by atoms with Crippen LogP contribution in [0.25, 0.3) is 22.6 Å². The van der Waals surface area contributed by atoms with E-state index in [2.05, 4.69) is 20.4 Å². The van der Waals surface area contributed by atoms with E-state index in [0.29, 0.717) is 65.6 Å². The largest absolute Gasteiger partial charge is 0.463 e. The van der Waals surface area contributed by atoms with Crippen LogP contribution in [0.15, 0.2) is 51.7 Å². The number of anilines is 1. The first kappa shape index (κ1) is 20.9. The number of likely N-dealkylation sites (tertiary alicyclic amines) is 1. The summed E-state index contributed by atoms with van der Waals surface area (Å²) in [6.07, 6.45) is 4.42. The zero-order valence-electron chi connectivity index (χ0n) is 18.4. The van der Waals surface area contributed by atoms with Gasteiger partial charge in [0.2, 0.25) is 5.91 Å². The predicted octanol–water partition coefficient (Wildman–Crippen LogP) is 3.99. The lowest BCUT2D eigenvalue weighted by Crippen LogP contribution is -2.41. The summed E-state index contributed by atoms with van der Waals surface area (Å²) in [6, 6.07) is 8.95. The van der Waals surface area contributed by atoms with Crippen LogP contribution in [-0.4, -0.2) is 44.9 Å². The predicted molar refractivity (Wildman–Crippen MR) is 120 cm³/mol. The number of nitrogens with one attached hydrogen (secondary N) is 1. The summed E-state index contributed by atoms with van der Waals surface area (Å²) in [5.41, 5.74) is 2.91. The van der Waals surface area contributed by atoms with E-state index in [-0.39, 0.29) is 17.7 Å². The van der Waals surface area contributed by atoms with Gasteiger partial charge in [0.25, 0.3) is 11.6 Å². The maximum atomic E-state index is 13.5. The first-order valence-corrected chi connectivity index (χ1v) is 10.8. The highest BCUT2D eigenvalue weighted by Gasteiger charge is 2.30. The minimum Gasteiger partial charge on any atom is -0.463 e. The Bertz CT molecular complexity index is 1300. The minimum atomic E-state index is -0.175. The Hall–Kier alpha value is -4.01. The van der Waals surface area contributed by atoms with Crippen molar-refractivity contribution < 1.29 is 18.5 Å². The highest BCUT2D eigenvalue weighted by atomic mass is 16.5. The molecule has 0 bridgehead atoms. The lowest BCUT2D eigenvalue weighted by atomic mass is 9.95. The number of carbonyl (C=O) groups excluding carboxylic acids is 2. The summed E-state index contributed by atoms with van der Waals surface area (Å²) in [5, 5.41) is 7.46. The van der Waals surface area contributed by atoms with E-state index in [1.54, 1.807) is 48.5 Å². The molecule has 1 N–H and O–H groups in total. The normalized spacial score (nSPS) is 14.5. The third kappa shape index (κ3) is 4.09. The summed E-state index contributed by atoms with van der Waals surface area (Å²) in [5.74, 6) is 0.697. The fourth-order valence-electron chi connectivity index (χ4n) is 4.10. The SMILES string of the molecule is Cc1ccc(NC(=O)C2CCN(C(=O)c3cc(-c4ccco4)nc4onc(C)c34)CC2)nc1. The van der Waals surface area contributed by atoms with Gasteiger partial charge in [-0.05, 0) is 56.5 Å². The highest BCUT2D eigenvalue weighted by Crippen LogP contribution is 2.29. The molecule has 1 aliphatic heterocycles. The molecular weight excluding hydrogens is 422 g/mol. The molecule has 2 amide bonds. The average Bonchev–Trinajstić information content (AvgIpc) is 3.50. The van der Waals surface area contributed by atoms with Crippen LogP contribution in [0.1, 0.15) is 34.5 Å². The molecule has 0 radical (unpaired) electrons. The maximum Gasteiger partial charge on any atom is 0.259 e.